The van der Waals surface area contributed by atoms with Gasteiger partial charge in [0.25, 0.3) is 0 Å². The van der Waals surface area contributed by atoms with Crippen molar-refractivity contribution < 1.29 is 49.7 Å². The Kier molecular flexibility index (Phi) is 14.8. The average molecular weight is 555 g/mol. The van der Waals surface area contributed by atoms with Crippen molar-refractivity contribution in [3.05, 3.63) is 76.4 Å². The van der Waals surface area contributed by atoms with Crippen LogP contribution in [0.15, 0.2) is 54.6 Å². The van der Waals surface area contributed by atoms with E-state index in [2.05, 4.69) is 11.1 Å². The predicted octanol–water partition coefficient (Wildman–Crippen LogP) is 1.32. The molecule has 1 unspecified atom stereocenters. The molecule has 0 spiro atoms. The van der Waals surface area contributed by atoms with Gasteiger partial charge in [-0.25, -0.2) is 4.98 Å². The van der Waals surface area contributed by atoms with E-state index in [-0.39, 0.29) is 51.9 Å². The molecule has 1 heterocycles. The van der Waals surface area contributed by atoms with Gasteiger partial charge in [-0.2, -0.15) is 0 Å². The molecule has 10 heteroatoms. The van der Waals surface area contributed by atoms with Crippen LogP contribution in [-0.4, -0.2) is 52.8 Å². The third-order valence-electron chi connectivity index (χ3n) is 4.96. The van der Waals surface area contributed by atoms with Gasteiger partial charge in [-0.3, -0.25) is 4.79 Å². The van der Waals surface area contributed by atoms with Crippen LogP contribution < -0.4 is 34.7 Å². The maximum absolute atomic E-state index is 11.9. The van der Waals surface area contributed by atoms with Gasteiger partial charge in [-0.15, -0.1) is 23.5 Å². The van der Waals surface area contributed by atoms with Crippen molar-refractivity contribution >= 4 is 70.1 Å². The molecule has 0 saturated carbocycles. The quantitative estimate of drug-likeness (QED) is 0.261. The summed E-state index contributed by atoms with van der Waals surface area (Å²) in [5, 5.41) is 12.6. The zero-order valence-corrected chi connectivity index (χ0v) is 25.0. The summed E-state index contributed by atoms with van der Waals surface area (Å²) in [7, 11) is 3.49. The van der Waals surface area contributed by atoms with E-state index in [9.17, 15) is 14.7 Å². The van der Waals surface area contributed by atoms with Crippen molar-refractivity contribution in [2.75, 3.05) is 25.6 Å². The fourth-order valence-corrected chi connectivity index (χ4v) is 5.97. The van der Waals surface area contributed by atoms with Crippen LogP contribution in [0.25, 0.3) is 23.1 Å². The Balaban J connectivity index is 0.00000324. The van der Waals surface area contributed by atoms with Crippen LogP contribution in [0.2, 0.25) is 5.02 Å². The monoisotopic (exact) mass is 554 g/mol. The molecule has 36 heavy (non-hydrogen) atoms. The summed E-state index contributed by atoms with van der Waals surface area (Å²) in [5.74, 6) is 0.126. The molecule has 1 atom stereocenters. The van der Waals surface area contributed by atoms with E-state index in [1.165, 1.54) is 0 Å². The van der Waals surface area contributed by atoms with Crippen molar-refractivity contribution in [1.29, 1.82) is 0 Å². The van der Waals surface area contributed by atoms with Gasteiger partial charge in [0, 0.05) is 42.6 Å². The first kappa shape index (κ1) is 32.5. The summed E-state index contributed by atoms with van der Waals surface area (Å²) in [6.45, 7) is 0. The number of benzene rings is 2. The van der Waals surface area contributed by atoms with Crippen LogP contribution in [0, 0.1) is 0 Å². The number of halogens is 1. The van der Waals surface area contributed by atoms with Gasteiger partial charge in [0.1, 0.15) is 0 Å². The number of rotatable bonds is 11. The standard InChI is InChI=1S/C26H27ClN2O3S2.Na.H2O/c1-29(2)24(30)12-14-33-26(34-15-13-25(31)32)20-5-3-4-18(16-20)6-10-22-11-8-19-7-9-21(27)17-23(19)28-22;;/h3-11,16-17,26H,12-15H2,1-2H3,(H,31,32);;1H2/q;+1;/p-1/b10-6+;;. The Morgan fingerprint density at radius 1 is 1.03 bits per heavy atom. The molecule has 0 aliphatic carbocycles. The second-order valence-corrected chi connectivity index (χ2v) is 11.0. The molecule has 6 nitrogen and oxygen atoms in total. The number of carbonyl (C=O) groups is 2. The average Bonchev–Trinajstić information content (AvgIpc) is 2.81. The van der Waals surface area contributed by atoms with Crippen LogP contribution in [0.1, 0.15) is 34.2 Å². The fourth-order valence-electron chi connectivity index (χ4n) is 3.16. The minimum Gasteiger partial charge on any atom is -0.550 e. The predicted molar refractivity (Wildman–Crippen MR) is 146 cm³/mol. The molecular weight excluding hydrogens is 527 g/mol. The largest absolute Gasteiger partial charge is 1.00 e. The molecule has 0 saturated heterocycles. The van der Waals surface area contributed by atoms with Crippen LogP contribution in [0.5, 0.6) is 0 Å². The summed E-state index contributed by atoms with van der Waals surface area (Å²) in [4.78, 5) is 29.0. The number of hydrogen-bond donors (Lipinski definition) is 0. The topological polar surface area (TPSA) is 105 Å². The maximum Gasteiger partial charge on any atom is 1.00 e. The van der Waals surface area contributed by atoms with Crippen molar-refractivity contribution in [2.45, 2.75) is 17.4 Å². The van der Waals surface area contributed by atoms with Crippen molar-refractivity contribution in [2.24, 2.45) is 0 Å². The first-order valence-corrected chi connectivity index (χ1v) is 13.3. The van der Waals surface area contributed by atoms with Gasteiger partial charge < -0.3 is 20.3 Å². The van der Waals surface area contributed by atoms with E-state index in [4.69, 9.17) is 11.6 Å². The fraction of sp³-hybridized carbons (Fsp3) is 0.269. The van der Waals surface area contributed by atoms with Gasteiger partial charge in [0.05, 0.1) is 15.8 Å². The molecule has 0 fully saturated rings. The van der Waals surface area contributed by atoms with Crippen LogP contribution >= 0.6 is 35.1 Å². The molecule has 0 radical (unpaired) electrons. The maximum atomic E-state index is 11.9. The SMILES string of the molecule is CN(C)C(=O)CCSC(SCCC(=O)[O-])c1cccc(/C=C/c2ccc3ccc(Cl)cc3n2)c1.O.[Na+]. The normalized spacial score (nSPS) is 11.5. The smallest absolute Gasteiger partial charge is 0.550 e. The number of carboxylic acid groups (broad SMARTS) is 1. The van der Waals surface area contributed by atoms with E-state index in [1.54, 1.807) is 42.5 Å². The number of aliphatic carboxylic acids is 1. The van der Waals surface area contributed by atoms with E-state index in [0.717, 1.165) is 27.7 Å². The number of pyridine rings is 1. The molecule has 3 rings (SSSR count). The van der Waals surface area contributed by atoms with Crippen molar-refractivity contribution in [3.8, 4) is 0 Å². The van der Waals surface area contributed by atoms with Gasteiger partial charge in [0.15, 0.2) is 0 Å². The Hall–Kier alpha value is -1.52. The van der Waals surface area contributed by atoms with Gasteiger partial charge in [-0.1, -0.05) is 48.0 Å². The summed E-state index contributed by atoms with van der Waals surface area (Å²) in [5.41, 5.74) is 3.76. The van der Waals surface area contributed by atoms with Crippen LogP contribution in [0.4, 0.5) is 0 Å². The molecule has 1 amide bonds. The van der Waals surface area contributed by atoms with E-state index in [0.29, 0.717) is 22.9 Å². The molecule has 2 N–H and O–H groups in total. The Labute approximate surface area is 247 Å². The zero-order chi connectivity index (χ0) is 24.5. The zero-order valence-electron chi connectivity index (χ0n) is 20.6. The Morgan fingerprint density at radius 2 is 1.72 bits per heavy atom. The van der Waals surface area contributed by atoms with E-state index >= 15 is 0 Å². The second kappa shape index (κ2) is 16.3. The van der Waals surface area contributed by atoms with Crippen LogP contribution in [0.3, 0.4) is 0 Å². The number of carbonyl (C=O) groups excluding carboxylic acids is 2. The number of amides is 1. The summed E-state index contributed by atoms with van der Waals surface area (Å²) >= 11 is 9.30. The summed E-state index contributed by atoms with van der Waals surface area (Å²) in [6, 6.07) is 17.8. The van der Waals surface area contributed by atoms with Gasteiger partial charge >= 0.3 is 29.6 Å². The number of hydrogen-bond acceptors (Lipinski definition) is 6. The minimum atomic E-state index is -1.06. The molecule has 1 aromatic heterocycles. The number of thioether (sulfide) groups is 2. The Morgan fingerprint density at radius 3 is 2.42 bits per heavy atom. The molecule has 2 aromatic carbocycles. The van der Waals surface area contributed by atoms with E-state index < -0.39 is 5.97 Å². The van der Waals surface area contributed by atoms with Crippen LogP contribution in [-0.2, 0) is 9.59 Å². The van der Waals surface area contributed by atoms with E-state index in [1.807, 2.05) is 60.7 Å². The molecule has 3 aromatic rings. The number of nitrogens with zero attached hydrogens (tertiary/aromatic N) is 2. The molecular formula is C26H28ClN2NaO4S2. The summed E-state index contributed by atoms with van der Waals surface area (Å²) < 4.78 is 0.0172. The van der Waals surface area contributed by atoms with Gasteiger partial charge in [-0.05, 0) is 53.6 Å². The van der Waals surface area contributed by atoms with Gasteiger partial charge in [0.2, 0.25) is 5.91 Å². The number of aromatic nitrogens is 1. The second-order valence-electron chi connectivity index (χ2n) is 7.81. The molecule has 186 valence electrons. The molecule has 0 bridgehead atoms. The van der Waals surface area contributed by atoms with Crippen molar-refractivity contribution in [3.63, 3.8) is 0 Å². The Bertz CT molecular complexity index is 1190. The third-order valence-corrected chi connectivity index (χ3v) is 8.05. The summed E-state index contributed by atoms with van der Waals surface area (Å²) in [6.07, 6.45) is 4.40. The number of fused-ring (bicyclic) bond motifs is 1. The number of carboxylic acids is 1. The molecule has 0 aliphatic heterocycles. The molecule has 0 aliphatic rings. The first-order chi connectivity index (χ1) is 16.3. The first-order valence-electron chi connectivity index (χ1n) is 10.8. The third kappa shape index (κ3) is 10.5. The van der Waals surface area contributed by atoms with Crippen molar-refractivity contribution in [1.82, 2.24) is 9.88 Å². The minimum absolute atomic E-state index is 0.